The zero-order valence-corrected chi connectivity index (χ0v) is 29.3. The monoisotopic (exact) mass is 701 g/mol. The molecule has 0 N–H and O–H groups in total. The Morgan fingerprint density at radius 2 is 1.49 bits per heavy atom. The maximum absolute atomic E-state index is 15.6. The standard InChI is InChI=1S/C38H37ClFN3O5S/c1-5-15-33-41-36(39)32(24-48-37(45)30-21-13-12-20-29(30)34(44)27-18-10-7-11-19-27)42(33)25-43(38(2,3)4)49(46,47)35-28(22-14-23-31(35)40)26-16-8-6-9-17-26/h6-14,16-23H,5,15,24-25H2,1-4H3. The van der Waals surface area contributed by atoms with Gasteiger partial charge in [0, 0.05) is 28.7 Å². The predicted octanol–water partition coefficient (Wildman–Crippen LogP) is 8.33. The van der Waals surface area contributed by atoms with Gasteiger partial charge in [-0.2, -0.15) is 4.31 Å². The molecule has 49 heavy (non-hydrogen) atoms. The lowest BCUT2D eigenvalue weighted by Gasteiger charge is -2.36. The summed E-state index contributed by atoms with van der Waals surface area (Å²) in [5.41, 5.74) is 0.650. The van der Waals surface area contributed by atoms with Crippen LogP contribution in [0.25, 0.3) is 11.1 Å². The lowest BCUT2D eigenvalue weighted by Crippen LogP contribution is -2.47. The Kier molecular flexibility index (Phi) is 10.8. The largest absolute Gasteiger partial charge is 0.456 e. The normalized spacial score (nSPS) is 11.9. The summed E-state index contributed by atoms with van der Waals surface area (Å²) in [5, 5.41) is 0.0343. The maximum atomic E-state index is 15.6. The van der Waals surface area contributed by atoms with Crippen molar-refractivity contribution in [1.82, 2.24) is 13.9 Å². The fourth-order valence-electron chi connectivity index (χ4n) is 5.54. The molecule has 4 aromatic carbocycles. The first-order chi connectivity index (χ1) is 23.3. The van der Waals surface area contributed by atoms with Crippen LogP contribution in [-0.2, 0) is 34.5 Å². The molecule has 5 rings (SSSR count). The van der Waals surface area contributed by atoms with Crippen molar-refractivity contribution in [2.75, 3.05) is 0 Å². The summed E-state index contributed by atoms with van der Waals surface area (Å²) in [7, 11) is -4.50. The Balaban J connectivity index is 1.52. The van der Waals surface area contributed by atoms with Crippen molar-refractivity contribution in [1.29, 1.82) is 0 Å². The maximum Gasteiger partial charge on any atom is 0.339 e. The van der Waals surface area contributed by atoms with Gasteiger partial charge < -0.3 is 9.30 Å². The van der Waals surface area contributed by atoms with Crippen LogP contribution in [0.3, 0.4) is 0 Å². The third kappa shape index (κ3) is 7.67. The van der Waals surface area contributed by atoms with E-state index >= 15 is 4.39 Å². The molecule has 8 nitrogen and oxygen atoms in total. The number of esters is 1. The van der Waals surface area contributed by atoms with Gasteiger partial charge in [0.05, 0.1) is 17.9 Å². The van der Waals surface area contributed by atoms with Gasteiger partial charge in [0.15, 0.2) is 10.9 Å². The third-order valence-electron chi connectivity index (χ3n) is 7.96. The lowest BCUT2D eigenvalue weighted by atomic mass is 9.98. The molecule has 0 aliphatic heterocycles. The van der Waals surface area contributed by atoms with Crippen LogP contribution in [0.15, 0.2) is 108 Å². The number of carbonyl (C=O) groups is 2. The summed E-state index contributed by atoms with van der Waals surface area (Å²) in [6, 6.07) is 27.9. The van der Waals surface area contributed by atoms with Crippen LogP contribution in [0.5, 0.6) is 0 Å². The second-order valence-corrected chi connectivity index (χ2v) is 14.6. The molecule has 254 valence electrons. The van der Waals surface area contributed by atoms with Crippen molar-refractivity contribution in [3.05, 3.63) is 142 Å². The number of ether oxygens (including phenoxy) is 1. The van der Waals surface area contributed by atoms with E-state index < -0.39 is 32.2 Å². The minimum absolute atomic E-state index is 0.0343. The molecule has 0 saturated heterocycles. The molecule has 0 spiro atoms. The molecule has 1 aromatic heterocycles. The van der Waals surface area contributed by atoms with Crippen molar-refractivity contribution in [3.8, 4) is 11.1 Å². The fraction of sp³-hybridized carbons (Fsp3) is 0.237. The van der Waals surface area contributed by atoms with Crippen LogP contribution in [0, 0.1) is 5.82 Å². The number of aryl methyl sites for hydroxylation is 1. The number of hydrogen-bond donors (Lipinski definition) is 0. The van der Waals surface area contributed by atoms with Crippen LogP contribution < -0.4 is 0 Å². The molecule has 1 heterocycles. The summed E-state index contributed by atoms with van der Waals surface area (Å²) in [6.45, 7) is 6.43. The van der Waals surface area contributed by atoms with Crippen molar-refractivity contribution < 1.29 is 27.1 Å². The van der Waals surface area contributed by atoms with Gasteiger partial charge in [-0.25, -0.2) is 22.6 Å². The lowest BCUT2D eigenvalue weighted by molar-refractivity contribution is 0.0456. The number of aromatic nitrogens is 2. The third-order valence-corrected chi connectivity index (χ3v) is 10.4. The first-order valence-corrected chi connectivity index (χ1v) is 17.6. The second kappa shape index (κ2) is 14.9. The molecule has 0 saturated carbocycles. The molecule has 0 amide bonds. The molecule has 0 aliphatic rings. The summed E-state index contributed by atoms with van der Waals surface area (Å²) < 4.78 is 53.3. The number of rotatable bonds is 12. The van der Waals surface area contributed by atoms with Gasteiger partial charge in [-0.05, 0) is 44.9 Å². The highest BCUT2D eigenvalue weighted by Gasteiger charge is 2.39. The molecule has 0 radical (unpaired) electrons. The zero-order valence-electron chi connectivity index (χ0n) is 27.7. The van der Waals surface area contributed by atoms with Crippen molar-refractivity contribution >= 4 is 33.4 Å². The van der Waals surface area contributed by atoms with Crippen molar-refractivity contribution in [3.63, 3.8) is 0 Å². The SMILES string of the molecule is CCCc1nc(Cl)c(COC(=O)c2ccccc2C(=O)c2ccccc2)n1CN(C(C)(C)C)S(=O)(=O)c1c(F)cccc1-c1ccccc1. The molecular formula is C38H37ClFN3O5S. The Bertz CT molecular complexity index is 2080. The van der Waals surface area contributed by atoms with Crippen LogP contribution >= 0.6 is 11.6 Å². The number of nitrogens with zero attached hydrogens (tertiary/aromatic N) is 3. The summed E-state index contributed by atoms with van der Waals surface area (Å²) in [4.78, 5) is 30.8. The van der Waals surface area contributed by atoms with E-state index in [4.69, 9.17) is 16.3 Å². The first-order valence-electron chi connectivity index (χ1n) is 15.8. The molecule has 5 aromatic rings. The summed E-state index contributed by atoms with van der Waals surface area (Å²) >= 11 is 6.63. The van der Waals surface area contributed by atoms with Crippen molar-refractivity contribution in [2.24, 2.45) is 0 Å². The molecule has 0 atom stereocenters. The number of ketones is 1. The number of sulfonamides is 1. The van der Waals surface area contributed by atoms with E-state index in [0.29, 0.717) is 29.8 Å². The van der Waals surface area contributed by atoms with Gasteiger partial charge in [0.2, 0.25) is 10.0 Å². The van der Waals surface area contributed by atoms with Gasteiger partial charge in [-0.3, -0.25) is 4.79 Å². The van der Waals surface area contributed by atoms with Crippen LogP contribution in [0.1, 0.15) is 71.9 Å². The van der Waals surface area contributed by atoms with Crippen LogP contribution in [-0.4, -0.2) is 39.6 Å². The molecule has 0 bridgehead atoms. The summed E-state index contributed by atoms with van der Waals surface area (Å²) in [6.07, 6.45) is 1.10. The Labute approximate surface area is 291 Å². The van der Waals surface area contributed by atoms with Gasteiger partial charge in [0.25, 0.3) is 0 Å². The minimum atomic E-state index is -4.50. The number of benzene rings is 4. The summed E-state index contributed by atoms with van der Waals surface area (Å²) in [5.74, 6) is -1.51. The van der Waals surface area contributed by atoms with E-state index in [1.54, 1.807) is 110 Å². The average molecular weight is 702 g/mol. The van der Waals surface area contributed by atoms with Crippen LogP contribution in [0.4, 0.5) is 4.39 Å². The highest BCUT2D eigenvalue weighted by molar-refractivity contribution is 7.89. The highest BCUT2D eigenvalue weighted by Crippen LogP contribution is 2.35. The highest BCUT2D eigenvalue weighted by atomic mass is 35.5. The molecule has 0 unspecified atom stereocenters. The van der Waals surface area contributed by atoms with E-state index in [-0.39, 0.29) is 46.6 Å². The predicted molar refractivity (Wildman–Crippen MR) is 187 cm³/mol. The molecule has 0 aliphatic carbocycles. The molecule has 11 heteroatoms. The van der Waals surface area contributed by atoms with Gasteiger partial charge in [-0.15, -0.1) is 0 Å². The van der Waals surface area contributed by atoms with Gasteiger partial charge >= 0.3 is 5.97 Å². The quantitative estimate of drug-likeness (QED) is 0.0958. The van der Waals surface area contributed by atoms with E-state index in [2.05, 4.69) is 4.98 Å². The number of imidazole rings is 1. The van der Waals surface area contributed by atoms with Crippen molar-refractivity contribution in [2.45, 2.75) is 64.2 Å². The Hall–Kier alpha value is -4.64. The van der Waals surface area contributed by atoms with E-state index in [0.717, 1.165) is 6.07 Å². The van der Waals surface area contributed by atoms with E-state index in [9.17, 15) is 18.0 Å². The number of hydrogen-bond acceptors (Lipinski definition) is 6. The minimum Gasteiger partial charge on any atom is -0.456 e. The van der Waals surface area contributed by atoms with E-state index in [1.165, 1.54) is 16.4 Å². The molecular weight excluding hydrogens is 665 g/mol. The van der Waals surface area contributed by atoms with Gasteiger partial charge in [-0.1, -0.05) is 110 Å². The Morgan fingerprint density at radius 1 is 0.878 bits per heavy atom. The second-order valence-electron chi connectivity index (χ2n) is 12.4. The Morgan fingerprint density at radius 3 is 2.12 bits per heavy atom. The average Bonchev–Trinajstić information content (AvgIpc) is 3.38. The van der Waals surface area contributed by atoms with Crippen LogP contribution in [0.2, 0.25) is 5.15 Å². The van der Waals surface area contributed by atoms with E-state index in [1.807, 2.05) is 6.92 Å². The zero-order chi connectivity index (χ0) is 35.3. The fourth-order valence-corrected chi connectivity index (χ4v) is 7.78. The first kappa shape index (κ1) is 35.7. The smallest absolute Gasteiger partial charge is 0.339 e. The number of halogens is 2. The topological polar surface area (TPSA) is 98.6 Å². The van der Waals surface area contributed by atoms with Gasteiger partial charge in [0.1, 0.15) is 23.1 Å². The molecule has 0 fully saturated rings. The number of carbonyl (C=O) groups excluding carboxylic acids is 2.